The number of carbonyl (C=O) groups is 2. The van der Waals surface area contributed by atoms with Crippen LogP contribution >= 0.6 is 11.8 Å². The molecule has 0 bridgehead atoms. The molecule has 0 aliphatic carbocycles. The van der Waals surface area contributed by atoms with Crippen LogP contribution in [0.25, 0.3) is 0 Å². The highest BCUT2D eigenvalue weighted by atomic mass is 32.2. The van der Waals surface area contributed by atoms with Crippen LogP contribution < -0.4 is 10.1 Å². The molecule has 154 valence electrons. The minimum atomic E-state index is -4.75. The Bertz CT molecular complexity index is 860. The number of amides is 2. The number of nitrogens with zero attached hydrogens (tertiary/aromatic N) is 1. The largest absolute Gasteiger partial charge is 0.573 e. The molecule has 2 unspecified atom stereocenters. The van der Waals surface area contributed by atoms with Gasteiger partial charge in [0.25, 0.3) is 5.91 Å². The summed E-state index contributed by atoms with van der Waals surface area (Å²) in [6, 6.07) is 13.0. The molecule has 9 heteroatoms. The van der Waals surface area contributed by atoms with Crippen molar-refractivity contribution in [3.63, 3.8) is 0 Å². The molecule has 2 amide bonds. The van der Waals surface area contributed by atoms with Gasteiger partial charge in [-0.3, -0.25) is 9.59 Å². The van der Waals surface area contributed by atoms with Gasteiger partial charge >= 0.3 is 6.36 Å². The molecule has 1 saturated heterocycles. The monoisotopic (exact) mass is 424 g/mol. The Morgan fingerprint density at radius 2 is 1.79 bits per heavy atom. The summed E-state index contributed by atoms with van der Waals surface area (Å²) in [5.74, 6) is 0.0603. The minimum Gasteiger partial charge on any atom is -0.406 e. The lowest BCUT2D eigenvalue weighted by atomic mass is 10.1. The SMILES string of the molecule is CC(NC(=O)C1CSCN1C(=O)c1ccccc1)c1ccc(OC(F)(F)F)cc1. The van der Waals surface area contributed by atoms with E-state index in [2.05, 4.69) is 10.1 Å². The van der Waals surface area contributed by atoms with Gasteiger partial charge in [0.2, 0.25) is 5.91 Å². The minimum absolute atomic E-state index is 0.211. The van der Waals surface area contributed by atoms with Crippen molar-refractivity contribution in [1.82, 2.24) is 10.2 Å². The van der Waals surface area contributed by atoms with Crippen molar-refractivity contribution in [2.75, 3.05) is 11.6 Å². The molecule has 1 N–H and O–H groups in total. The number of halogens is 3. The number of rotatable bonds is 5. The zero-order chi connectivity index (χ0) is 21.0. The predicted molar refractivity (Wildman–Crippen MR) is 103 cm³/mol. The third kappa shape index (κ3) is 5.44. The van der Waals surface area contributed by atoms with E-state index < -0.39 is 18.4 Å². The zero-order valence-corrected chi connectivity index (χ0v) is 16.3. The lowest BCUT2D eigenvalue weighted by Crippen LogP contribution is -2.47. The molecule has 0 radical (unpaired) electrons. The third-order valence-electron chi connectivity index (χ3n) is 4.44. The Hall–Kier alpha value is -2.68. The number of thioether (sulfide) groups is 1. The summed E-state index contributed by atoms with van der Waals surface area (Å²) in [4.78, 5) is 27.0. The number of alkyl halides is 3. The first kappa shape index (κ1) is 21.0. The van der Waals surface area contributed by atoms with Gasteiger partial charge in [-0.1, -0.05) is 30.3 Å². The van der Waals surface area contributed by atoms with Crippen molar-refractivity contribution >= 4 is 23.6 Å². The van der Waals surface area contributed by atoms with Gasteiger partial charge in [-0.25, -0.2) is 0 Å². The van der Waals surface area contributed by atoms with E-state index in [0.717, 1.165) is 0 Å². The Labute approximate surface area is 170 Å². The Morgan fingerprint density at radius 1 is 1.14 bits per heavy atom. The highest BCUT2D eigenvalue weighted by molar-refractivity contribution is 7.99. The maximum atomic E-state index is 12.7. The number of hydrogen-bond acceptors (Lipinski definition) is 4. The van der Waals surface area contributed by atoms with E-state index in [9.17, 15) is 22.8 Å². The van der Waals surface area contributed by atoms with Gasteiger partial charge in [0.05, 0.1) is 11.9 Å². The van der Waals surface area contributed by atoms with Gasteiger partial charge in [0.15, 0.2) is 0 Å². The van der Waals surface area contributed by atoms with Gasteiger partial charge in [-0.15, -0.1) is 24.9 Å². The smallest absolute Gasteiger partial charge is 0.406 e. The number of benzene rings is 2. The molecule has 29 heavy (non-hydrogen) atoms. The first-order valence-corrected chi connectivity index (χ1v) is 10.00. The Balaban J connectivity index is 1.63. The van der Waals surface area contributed by atoms with Crippen molar-refractivity contribution < 1.29 is 27.5 Å². The highest BCUT2D eigenvalue weighted by Crippen LogP contribution is 2.26. The summed E-state index contributed by atoms with van der Waals surface area (Å²) in [7, 11) is 0. The van der Waals surface area contributed by atoms with E-state index in [0.29, 0.717) is 22.8 Å². The van der Waals surface area contributed by atoms with E-state index in [4.69, 9.17) is 0 Å². The molecule has 2 aromatic carbocycles. The van der Waals surface area contributed by atoms with Gasteiger partial charge in [-0.05, 0) is 36.8 Å². The molecule has 5 nitrogen and oxygen atoms in total. The second kappa shape index (κ2) is 8.77. The summed E-state index contributed by atoms with van der Waals surface area (Å²) in [5, 5.41) is 2.83. The second-order valence-electron chi connectivity index (χ2n) is 6.50. The Morgan fingerprint density at radius 3 is 2.41 bits per heavy atom. The van der Waals surface area contributed by atoms with Crippen molar-refractivity contribution in [2.24, 2.45) is 0 Å². The molecule has 2 aromatic rings. The summed E-state index contributed by atoms with van der Waals surface area (Å²) < 4.78 is 40.6. The molecular weight excluding hydrogens is 405 g/mol. The topological polar surface area (TPSA) is 58.6 Å². The molecule has 1 aliphatic rings. The van der Waals surface area contributed by atoms with Crippen molar-refractivity contribution in [3.8, 4) is 5.75 Å². The van der Waals surface area contributed by atoms with Crippen molar-refractivity contribution in [2.45, 2.75) is 25.4 Å². The van der Waals surface area contributed by atoms with Gasteiger partial charge < -0.3 is 15.0 Å². The summed E-state index contributed by atoms with van der Waals surface area (Å²) in [6.07, 6.45) is -4.75. The van der Waals surface area contributed by atoms with E-state index in [1.807, 2.05) is 6.07 Å². The van der Waals surface area contributed by atoms with Crippen LogP contribution in [0.4, 0.5) is 13.2 Å². The van der Waals surface area contributed by atoms with Crippen LogP contribution in [-0.2, 0) is 4.79 Å². The van der Waals surface area contributed by atoms with E-state index in [1.54, 1.807) is 31.2 Å². The quantitative estimate of drug-likeness (QED) is 0.789. The normalized spacial score (nSPS) is 17.7. The molecule has 1 aliphatic heterocycles. The molecule has 1 fully saturated rings. The van der Waals surface area contributed by atoms with Crippen LogP contribution in [0.3, 0.4) is 0 Å². The van der Waals surface area contributed by atoms with Crippen LogP contribution in [0.5, 0.6) is 5.75 Å². The standard InChI is InChI=1S/C20H19F3N2O3S/c1-13(14-7-9-16(10-8-14)28-20(21,22)23)24-18(26)17-11-29-12-25(17)19(27)15-5-3-2-4-6-15/h2-10,13,17H,11-12H2,1H3,(H,24,26). The molecular formula is C20H19F3N2O3S. The predicted octanol–water partition coefficient (Wildman–Crippen LogP) is 3.98. The lowest BCUT2D eigenvalue weighted by Gasteiger charge is -2.25. The molecule has 0 saturated carbocycles. The maximum absolute atomic E-state index is 12.7. The Kier molecular flexibility index (Phi) is 6.36. The number of carbonyl (C=O) groups excluding carboxylic acids is 2. The van der Waals surface area contributed by atoms with E-state index in [-0.39, 0.29) is 17.6 Å². The summed E-state index contributed by atoms with van der Waals surface area (Å²) >= 11 is 1.49. The molecule has 2 atom stereocenters. The first-order valence-electron chi connectivity index (χ1n) is 8.84. The van der Waals surface area contributed by atoms with Crippen LogP contribution in [0.15, 0.2) is 54.6 Å². The van der Waals surface area contributed by atoms with Crippen LogP contribution in [-0.4, -0.2) is 40.7 Å². The average Bonchev–Trinajstić information content (AvgIpc) is 3.17. The van der Waals surface area contributed by atoms with Crippen molar-refractivity contribution in [1.29, 1.82) is 0 Å². The fraction of sp³-hybridized carbons (Fsp3) is 0.300. The molecule has 0 aromatic heterocycles. The summed E-state index contributed by atoms with van der Waals surface area (Å²) in [5.41, 5.74) is 1.14. The van der Waals surface area contributed by atoms with E-state index >= 15 is 0 Å². The number of hydrogen-bond donors (Lipinski definition) is 1. The van der Waals surface area contributed by atoms with Crippen LogP contribution in [0.1, 0.15) is 28.9 Å². The third-order valence-corrected chi connectivity index (χ3v) is 5.45. The average molecular weight is 424 g/mol. The second-order valence-corrected chi connectivity index (χ2v) is 7.50. The van der Waals surface area contributed by atoms with E-state index in [1.165, 1.54) is 40.9 Å². The first-order chi connectivity index (χ1) is 13.7. The summed E-state index contributed by atoms with van der Waals surface area (Å²) in [6.45, 7) is 1.73. The highest BCUT2D eigenvalue weighted by Gasteiger charge is 2.35. The van der Waals surface area contributed by atoms with Gasteiger partial charge in [-0.2, -0.15) is 0 Å². The van der Waals surface area contributed by atoms with Gasteiger partial charge in [0.1, 0.15) is 11.8 Å². The van der Waals surface area contributed by atoms with Crippen molar-refractivity contribution in [3.05, 3.63) is 65.7 Å². The fourth-order valence-corrected chi connectivity index (χ4v) is 4.11. The molecule has 3 rings (SSSR count). The van der Waals surface area contributed by atoms with Crippen LogP contribution in [0.2, 0.25) is 0 Å². The maximum Gasteiger partial charge on any atom is 0.573 e. The number of nitrogens with one attached hydrogen (secondary N) is 1. The molecule has 0 spiro atoms. The lowest BCUT2D eigenvalue weighted by molar-refractivity contribution is -0.274. The zero-order valence-electron chi connectivity index (χ0n) is 15.5. The van der Waals surface area contributed by atoms with Crippen LogP contribution in [0, 0.1) is 0 Å². The number of ether oxygens (including phenoxy) is 1. The fourth-order valence-electron chi connectivity index (χ4n) is 2.96. The molecule has 1 heterocycles. The van der Waals surface area contributed by atoms with Gasteiger partial charge in [0, 0.05) is 11.3 Å².